The minimum absolute atomic E-state index is 0.258. The zero-order valence-corrected chi connectivity index (χ0v) is 12.9. The Morgan fingerprint density at radius 3 is 2.65 bits per heavy atom. The average molecular weight is 282 g/mol. The minimum Gasteiger partial charge on any atom is -0.444 e. The minimum atomic E-state index is -0.258. The SMILES string of the molecule is Cc1nc(CNCCCCC(C)(C)C(N)=NO)oc1C. The van der Waals surface area contributed by atoms with Crippen molar-refractivity contribution in [2.45, 2.75) is 53.5 Å². The number of rotatable bonds is 8. The van der Waals surface area contributed by atoms with E-state index in [0.717, 1.165) is 43.2 Å². The number of oxime groups is 1. The van der Waals surface area contributed by atoms with E-state index >= 15 is 0 Å². The van der Waals surface area contributed by atoms with E-state index in [1.165, 1.54) is 0 Å². The van der Waals surface area contributed by atoms with Gasteiger partial charge in [-0.15, -0.1) is 0 Å². The first kappa shape index (κ1) is 16.5. The first-order valence-electron chi connectivity index (χ1n) is 6.98. The van der Waals surface area contributed by atoms with Crippen molar-refractivity contribution in [2.75, 3.05) is 6.54 Å². The zero-order chi connectivity index (χ0) is 15.2. The second-order valence-corrected chi connectivity index (χ2v) is 5.75. The summed E-state index contributed by atoms with van der Waals surface area (Å²) in [6.45, 7) is 9.37. The third-order valence-corrected chi connectivity index (χ3v) is 3.56. The molecule has 0 saturated carbocycles. The molecular weight excluding hydrogens is 256 g/mol. The molecule has 0 amide bonds. The van der Waals surface area contributed by atoms with Crippen LogP contribution in [0.4, 0.5) is 0 Å². The molecule has 0 radical (unpaired) electrons. The van der Waals surface area contributed by atoms with Crippen molar-refractivity contribution in [3.63, 3.8) is 0 Å². The summed E-state index contributed by atoms with van der Waals surface area (Å²) in [6.07, 6.45) is 2.93. The number of unbranched alkanes of at least 4 members (excludes halogenated alkanes) is 1. The highest BCUT2D eigenvalue weighted by atomic mass is 16.4. The van der Waals surface area contributed by atoms with E-state index in [2.05, 4.69) is 15.5 Å². The Labute approximate surface area is 120 Å². The lowest BCUT2D eigenvalue weighted by Gasteiger charge is -2.22. The highest BCUT2D eigenvalue weighted by Gasteiger charge is 2.22. The van der Waals surface area contributed by atoms with E-state index in [4.69, 9.17) is 15.4 Å². The molecule has 1 aromatic heterocycles. The summed E-state index contributed by atoms with van der Waals surface area (Å²) >= 11 is 0. The van der Waals surface area contributed by atoms with Crippen molar-refractivity contribution in [3.8, 4) is 0 Å². The highest BCUT2D eigenvalue weighted by Crippen LogP contribution is 2.23. The maximum absolute atomic E-state index is 8.69. The molecule has 1 heterocycles. The van der Waals surface area contributed by atoms with Gasteiger partial charge in [-0.1, -0.05) is 25.4 Å². The molecule has 0 unspecified atom stereocenters. The van der Waals surface area contributed by atoms with Crippen LogP contribution < -0.4 is 11.1 Å². The molecule has 114 valence electrons. The molecule has 4 N–H and O–H groups in total. The summed E-state index contributed by atoms with van der Waals surface area (Å²) in [5, 5.41) is 15.1. The van der Waals surface area contributed by atoms with E-state index < -0.39 is 0 Å². The average Bonchev–Trinajstić information content (AvgIpc) is 2.71. The number of nitrogens with one attached hydrogen (secondary N) is 1. The van der Waals surface area contributed by atoms with Crippen LogP contribution in [-0.4, -0.2) is 22.6 Å². The maximum Gasteiger partial charge on any atom is 0.208 e. The standard InChI is InChI=1S/C14H26N4O2/c1-10-11(2)20-12(17-10)9-16-8-6-5-7-14(3,4)13(15)18-19/h16,19H,5-9H2,1-4H3,(H2,15,18). The van der Waals surface area contributed by atoms with Crippen molar-refractivity contribution in [1.82, 2.24) is 10.3 Å². The van der Waals surface area contributed by atoms with E-state index in [9.17, 15) is 0 Å². The summed E-state index contributed by atoms with van der Waals surface area (Å²) < 4.78 is 5.49. The third-order valence-electron chi connectivity index (χ3n) is 3.56. The van der Waals surface area contributed by atoms with Crippen LogP contribution in [-0.2, 0) is 6.54 Å². The first-order valence-corrected chi connectivity index (χ1v) is 6.98. The van der Waals surface area contributed by atoms with Crippen LogP contribution >= 0.6 is 0 Å². The van der Waals surface area contributed by atoms with Crippen LogP contribution in [0.5, 0.6) is 0 Å². The van der Waals surface area contributed by atoms with Crippen LogP contribution in [0.2, 0.25) is 0 Å². The Bertz CT molecular complexity index is 433. The van der Waals surface area contributed by atoms with Gasteiger partial charge in [0.1, 0.15) is 11.6 Å². The Hall–Kier alpha value is -1.56. The Kier molecular flexibility index (Phi) is 6.01. The lowest BCUT2D eigenvalue weighted by molar-refractivity contribution is 0.304. The smallest absolute Gasteiger partial charge is 0.208 e. The Morgan fingerprint density at radius 2 is 2.10 bits per heavy atom. The maximum atomic E-state index is 8.69. The normalized spacial score (nSPS) is 12.9. The molecule has 20 heavy (non-hydrogen) atoms. The van der Waals surface area contributed by atoms with Crippen LogP contribution in [0.1, 0.15) is 50.5 Å². The van der Waals surface area contributed by atoms with Gasteiger partial charge in [0.2, 0.25) is 5.89 Å². The predicted octanol–water partition coefficient (Wildman–Crippen LogP) is 2.32. The van der Waals surface area contributed by atoms with E-state index in [1.807, 2.05) is 27.7 Å². The highest BCUT2D eigenvalue weighted by molar-refractivity contribution is 5.85. The largest absolute Gasteiger partial charge is 0.444 e. The monoisotopic (exact) mass is 282 g/mol. The number of oxazole rings is 1. The topological polar surface area (TPSA) is 96.7 Å². The number of aromatic nitrogens is 1. The van der Waals surface area contributed by atoms with Gasteiger partial charge in [0, 0.05) is 5.41 Å². The lowest BCUT2D eigenvalue weighted by atomic mass is 9.86. The molecule has 0 bridgehead atoms. The molecular formula is C14H26N4O2. The van der Waals surface area contributed by atoms with Gasteiger partial charge in [-0.2, -0.15) is 0 Å². The van der Waals surface area contributed by atoms with Gasteiger partial charge in [0.05, 0.1) is 12.2 Å². The zero-order valence-electron chi connectivity index (χ0n) is 12.9. The van der Waals surface area contributed by atoms with Gasteiger partial charge in [-0.3, -0.25) is 0 Å². The van der Waals surface area contributed by atoms with E-state index in [-0.39, 0.29) is 11.3 Å². The number of aryl methyl sites for hydroxylation is 2. The number of nitrogens with two attached hydrogens (primary N) is 1. The van der Waals surface area contributed by atoms with E-state index in [1.54, 1.807) is 0 Å². The number of hydrogen-bond donors (Lipinski definition) is 3. The summed E-state index contributed by atoms with van der Waals surface area (Å²) in [5.74, 6) is 1.90. The fourth-order valence-electron chi connectivity index (χ4n) is 1.89. The molecule has 1 aromatic rings. The number of amidine groups is 1. The van der Waals surface area contributed by atoms with Crippen LogP contribution in [0.25, 0.3) is 0 Å². The Balaban J connectivity index is 2.17. The van der Waals surface area contributed by atoms with Gasteiger partial charge in [-0.25, -0.2) is 4.98 Å². The predicted molar refractivity (Wildman–Crippen MR) is 78.7 cm³/mol. The van der Waals surface area contributed by atoms with Gasteiger partial charge < -0.3 is 20.7 Å². The molecule has 0 spiro atoms. The van der Waals surface area contributed by atoms with Crippen molar-refractivity contribution < 1.29 is 9.62 Å². The van der Waals surface area contributed by atoms with Crippen LogP contribution in [0, 0.1) is 19.3 Å². The Morgan fingerprint density at radius 1 is 1.40 bits per heavy atom. The lowest BCUT2D eigenvalue weighted by Crippen LogP contribution is -2.32. The molecule has 0 aliphatic carbocycles. The summed E-state index contributed by atoms with van der Waals surface area (Å²) in [7, 11) is 0. The number of nitrogens with zero attached hydrogens (tertiary/aromatic N) is 2. The van der Waals surface area contributed by atoms with Gasteiger partial charge >= 0.3 is 0 Å². The van der Waals surface area contributed by atoms with Crippen LogP contribution in [0.3, 0.4) is 0 Å². The molecule has 0 aliphatic heterocycles. The van der Waals surface area contributed by atoms with E-state index in [0.29, 0.717) is 6.54 Å². The number of hydrogen-bond acceptors (Lipinski definition) is 5. The quantitative estimate of drug-likeness (QED) is 0.223. The molecule has 1 rings (SSSR count). The molecule has 0 fully saturated rings. The summed E-state index contributed by atoms with van der Waals surface area (Å²) in [5.41, 5.74) is 6.34. The summed E-state index contributed by atoms with van der Waals surface area (Å²) in [6, 6.07) is 0. The second kappa shape index (κ2) is 7.28. The molecule has 0 atom stereocenters. The fourth-order valence-corrected chi connectivity index (χ4v) is 1.89. The first-order chi connectivity index (χ1) is 9.36. The van der Waals surface area contributed by atoms with Crippen molar-refractivity contribution in [1.29, 1.82) is 0 Å². The third kappa shape index (κ3) is 4.85. The second-order valence-electron chi connectivity index (χ2n) is 5.75. The molecule has 6 nitrogen and oxygen atoms in total. The fraction of sp³-hybridized carbons (Fsp3) is 0.714. The van der Waals surface area contributed by atoms with Crippen LogP contribution in [0.15, 0.2) is 9.57 Å². The molecule has 0 saturated heterocycles. The molecule has 0 aromatic carbocycles. The molecule has 6 heteroatoms. The van der Waals surface area contributed by atoms with Crippen molar-refractivity contribution in [3.05, 3.63) is 17.3 Å². The molecule has 0 aliphatic rings. The van der Waals surface area contributed by atoms with Crippen molar-refractivity contribution >= 4 is 5.84 Å². The van der Waals surface area contributed by atoms with Gasteiger partial charge in [0.25, 0.3) is 0 Å². The van der Waals surface area contributed by atoms with Gasteiger partial charge in [0.15, 0.2) is 0 Å². The van der Waals surface area contributed by atoms with Gasteiger partial charge in [-0.05, 0) is 33.2 Å². The summed E-state index contributed by atoms with van der Waals surface area (Å²) in [4.78, 5) is 4.31. The van der Waals surface area contributed by atoms with Crippen molar-refractivity contribution in [2.24, 2.45) is 16.3 Å².